The SMILES string of the molecule is C[C@@H](O)[C@H]1C(=O)N2C(C(=O)O)=C(S[C@@H]3CN[C@H](C(=O)N4CC[C@@H](CNC=N)C4)C3)[C@H](C)[C@H]12. The summed E-state index contributed by atoms with van der Waals surface area (Å²) in [5.41, 5.74) is 0.0326. The Morgan fingerprint density at radius 2 is 2.19 bits per heavy atom. The first-order valence-corrected chi connectivity index (χ1v) is 12.0. The van der Waals surface area contributed by atoms with Gasteiger partial charge in [0, 0.05) is 42.3 Å². The number of nitrogens with zero attached hydrogens (tertiary/aromatic N) is 2. The Morgan fingerprint density at radius 3 is 2.84 bits per heavy atom. The van der Waals surface area contributed by atoms with Gasteiger partial charge in [-0.25, -0.2) is 4.79 Å². The number of carboxylic acids is 1. The normalized spacial score (nSPS) is 35.0. The molecule has 11 heteroatoms. The van der Waals surface area contributed by atoms with Gasteiger partial charge in [0.25, 0.3) is 0 Å². The zero-order chi connectivity index (χ0) is 23.2. The monoisotopic (exact) mass is 465 g/mol. The highest BCUT2D eigenvalue weighted by molar-refractivity contribution is 8.03. The Hall–Kier alpha value is -2.11. The van der Waals surface area contributed by atoms with E-state index >= 15 is 0 Å². The molecule has 3 saturated heterocycles. The molecule has 32 heavy (non-hydrogen) atoms. The number of hydrogen-bond donors (Lipinski definition) is 5. The molecule has 0 aliphatic carbocycles. The largest absolute Gasteiger partial charge is 0.477 e. The van der Waals surface area contributed by atoms with Crippen molar-refractivity contribution < 1.29 is 24.6 Å². The Labute approximate surface area is 191 Å². The number of fused-ring (bicyclic) bond motifs is 1. The van der Waals surface area contributed by atoms with E-state index in [0.717, 1.165) is 6.42 Å². The van der Waals surface area contributed by atoms with Crippen molar-refractivity contribution in [3.63, 3.8) is 0 Å². The molecule has 4 aliphatic heterocycles. The molecule has 0 unspecified atom stereocenters. The smallest absolute Gasteiger partial charge is 0.353 e. The summed E-state index contributed by atoms with van der Waals surface area (Å²) in [6, 6.07) is -0.615. The fraction of sp³-hybridized carbons (Fsp3) is 0.714. The number of hydrogen-bond acceptors (Lipinski definition) is 7. The van der Waals surface area contributed by atoms with Gasteiger partial charge in [-0.3, -0.25) is 15.0 Å². The number of thioether (sulfide) groups is 1. The van der Waals surface area contributed by atoms with Crippen molar-refractivity contribution in [3.8, 4) is 0 Å². The second-order valence-corrected chi connectivity index (χ2v) is 10.5. The predicted molar refractivity (Wildman–Crippen MR) is 119 cm³/mol. The third-order valence-electron chi connectivity index (χ3n) is 7.10. The first-order valence-electron chi connectivity index (χ1n) is 11.1. The summed E-state index contributed by atoms with van der Waals surface area (Å²) < 4.78 is 0. The van der Waals surface area contributed by atoms with E-state index in [2.05, 4.69) is 10.6 Å². The Kier molecular flexibility index (Phi) is 6.51. The summed E-state index contributed by atoms with van der Waals surface area (Å²) >= 11 is 1.45. The first kappa shape index (κ1) is 23.1. The molecule has 0 bridgehead atoms. The molecule has 4 aliphatic rings. The van der Waals surface area contributed by atoms with Gasteiger partial charge in [-0.15, -0.1) is 11.8 Å². The molecule has 3 fully saturated rings. The highest BCUT2D eigenvalue weighted by Crippen LogP contribution is 2.51. The Bertz CT molecular complexity index is 848. The van der Waals surface area contributed by atoms with E-state index in [9.17, 15) is 24.6 Å². The number of nitrogens with one attached hydrogen (secondary N) is 3. The number of carbonyl (C=O) groups is 3. The molecule has 4 rings (SSSR count). The molecule has 2 amide bonds. The van der Waals surface area contributed by atoms with Crippen molar-refractivity contribution in [2.45, 2.75) is 50.1 Å². The van der Waals surface area contributed by atoms with Crippen molar-refractivity contribution in [1.82, 2.24) is 20.4 Å². The number of likely N-dealkylation sites (tertiary alicyclic amines) is 1. The third kappa shape index (κ3) is 3.90. The molecule has 7 atom stereocenters. The average Bonchev–Trinajstić information content (AvgIpc) is 3.45. The molecule has 4 heterocycles. The molecule has 0 aromatic heterocycles. The average molecular weight is 466 g/mol. The van der Waals surface area contributed by atoms with Gasteiger partial charge >= 0.3 is 5.97 Å². The second kappa shape index (κ2) is 9.03. The summed E-state index contributed by atoms with van der Waals surface area (Å²) in [6.07, 6.45) is 1.87. The van der Waals surface area contributed by atoms with E-state index in [4.69, 9.17) is 5.41 Å². The van der Waals surface area contributed by atoms with Crippen LogP contribution in [0.3, 0.4) is 0 Å². The zero-order valence-corrected chi connectivity index (χ0v) is 19.1. The van der Waals surface area contributed by atoms with Gasteiger partial charge in [-0.1, -0.05) is 6.92 Å². The minimum absolute atomic E-state index is 0.0326. The number of aliphatic hydroxyl groups excluding tert-OH is 1. The van der Waals surface area contributed by atoms with E-state index in [1.54, 1.807) is 6.92 Å². The predicted octanol–water partition coefficient (Wildman–Crippen LogP) is -0.351. The van der Waals surface area contributed by atoms with Crippen LogP contribution in [0.5, 0.6) is 0 Å². The maximum atomic E-state index is 13.0. The van der Waals surface area contributed by atoms with Crippen molar-refractivity contribution in [2.24, 2.45) is 17.8 Å². The number of aliphatic carboxylic acids is 1. The van der Waals surface area contributed by atoms with E-state index in [0.29, 0.717) is 43.4 Å². The lowest BCUT2D eigenvalue weighted by Crippen LogP contribution is -2.63. The second-order valence-electron chi connectivity index (χ2n) is 9.20. The lowest BCUT2D eigenvalue weighted by atomic mass is 9.79. The quantitative estimate of drug-likeness (QED) is 0.186. The van der Waals surface area contributed by atoms with Crippen LogP contribution in [-0.4, -0.2) is 93.8 Å². The van der Waals surface area contributed by atoms with E-state index < -0.39 is 18.0 Å². The topological polar surface area (TPSA) is 146 Å². The fourth-order valence-corrected chi connectivity index (χ4v) is 6.96. The summed E-state index contributed by atoms with van der Waals surface area (Å²) in [5.74, 6) is -1.77. The molecule has 0 aromatic rings. The van der Waals surface area contributed by atoms with Crippen LogP contribution in [0.15, 0.2) is 10.6 Å². The zero-order valence-electron chi connectivity index (χ0n) is 18.3. The van der Waals surface area contributed by atoms with Crippen LogP contribution < -0.4 is 10.6 Å². The van der Waals surface area contributed by atoms with Gasteiger partial charge in [0.05, 0.1) is 30.4 Å². The van der Waals surface area contributed by atoms with Gasteiger partial charge in [0.2, 0.25) is 11.8 Å². The molecule has 0 radical (unpaired) electrons. The third-order valence-corrected chi connectivity index (χ3v) is 8.61. The molecule has 176 valence electrons. The maximum Gasteiger partial charge on any atom is 0.353 e. The molecule has 0 spiro atoms. The van der Waals surface area contributed by atoms with Crippen molar-refractivity contribution in [2.75, 3.05) is 26.2 Å². The number of carboxylic acid groups (broad SMARTS) is 1. The van der Waals surface area contributed by atoms with E-state index in [1.165, 1.54) is 23.0 Å². The number of β-lactam (4-membered cyclic amide) rings is 1. The van der Waals surface area contributed by atoms with Gasteiger partial charge in [-0.05, 0) is 25.7 Å². The molecule has 0 aromatic carbocycles. The molecular formula is C21H31N5O5S. The number of carbonyl (C=O) groups excluding carboxylic acids is 2. The highest BCUT2D eigenvalue weighted by Gasteiger charge is 2.60. The summed E-state index contributed by atoms with van der Waals surface area (Å²) in [4.78, 5) is 41.3. The van der Waals surface area contributed by atoms with E-state index in [1.807, 2.05) is 11.8 Å². The molecule has 0 saturated carbocycles. The van der Waals surface area contributed by atoms with Crippen molar-refractivity contribution in [3.05, 3.63) is 10.6 Å². The summed E-state index contributed by atoms with van der Waals surface area (Å²) in [5, 5.41) is 33.1. The molecular weight excluding hydrogens is 434 g/mol. The minimum atomic E-state index is -1.13. The summed E-state index contributed by atoms with van der Waals surface area (Å²) in [7, 11) is 0. The fourth-order valence-electron chi connectivity index (χ4n) is 5.48. The molecule has 5 N–H and O–H groups in total. The van der Waals surface area contributed by atoms with Gasteiger partial charge < -0.3 is 30.6 Å². The van der Waals surface area contributed by atoms with Crippen LogP contribution >= 0.6 is 11.8 Å². The van der Waals surface area contributed by atoms with Crippen LogP contribution in [-0.2, 0) is 14.4 Å². The Balaban J connectivity index is 1.39. The number of rotatable bonds is 8. The van der Waals surface area contributed by atoms with Gasteiger partial charge in [0.1, 0.15) is 5.70 Å². The lowest BCUT2D eigenvalue weighted by molar-refractivity contribution is -0.163. The minimum Gasteiger partial charge on any atom is -0.477 e. The maximum absolute atomic E-state index is 13.0. The van der Waals surface area contributed by atoms with Gasteiger partial charge in [0.15, 0.2) is 0 Å². The van der Waals surface area contributed by atoms with Crippen LogP contribution in [0.1, 0.15) is 26.7 Å². The standard InChI is InChI=1S/C21H31N5O5S/c1-10-16-15(11(2)27)20(29)26(16)17(21(30)31)18(10)32-13-5-14(24-7-13)19(28)25-4-3-12(8-25)6-23-9-22/h9-16,24,27H,3-8H2,1-2H3,(H2,22,23)(H,30,31)/t10-,11-,12+,13+,14+,15-,16-/m1/s1. The number of aliphatic hydroxyl groups is 1. The van der Waals surface area contributed by atoms with Crippen molar-refractivity contribution in [1.29, 1.82) is 5.41 Å². The highest BCUT2D eigenvalue weighted by atomic mass is 32.2. The van der Waals surface area contributed by atoms with Crippen molar-refractivity contribution >= 4 is 35.9 Å². The summed E-state index contributed by atoms with van der Waals surface area (Å²) in [6.45, 7) is 6.16. The van der Waals surface area contributed by atoms with Gasteiger partial charge in [-0.2, -0.15) is 0 Å². The van der Waals surface area contributed by atoms with Crippen LogP contribution in [0.25, 0.3) is 0 Å². The van der Waals surface area contributed by atoms with Crippen LogP contribution in [0.2, 0.25) is 0 Å². The van der Waals surface area contributed by atoms with E-state index in [-0.39, 0.29) is 40.8 Å². The number of amides is 2. The Morgan fingerprint density at radius 1 is 1.44 bits per heavy atom. The molecule has 10 nitrogen and oxygen atoms in total. The first-order chi connectivity index (χ1) is 15.2. The van der Waals surface area contributed by atoms with Crippen LogP contribution in [0.4, 0.5) is 0 Å². The lowest BCUT2D eigenvalue weighted by Gasteiger charge is -2.46. The van der Waals surface area contributed by atoms with Crippen LogP contribution in [0, 0.1) is 23.2 Å².